The van der Waals surface area contributed by atoms with E-state index in [1.54, 1.807) is 35.6 Å². The van der Waals surface area contributed by atoms with Crippen molar-refractivity contribution in [2.45, 2.75) is 13.0 Å². The molecule has 5 N–H and O–H groups in total. The SMILES string of the molecule is COC(=O)c1nc(C(N)=O)ccc1-c1cc2c(cc1C(=O)Nc1ccc(CN)cc1)-c1sccc1CCO2. The summed E-state index contributed by atoms with van der Waals surface area (Å²) < 4.78 is 11.0. The molecule has 0 atom stereocenters. The number of rotatable bonds is 6. The number of benzene rings is 2. The van der Waals surface area contributed by atoms with Gasteiger partial charge >= 0.3 is 5.97 Å². The molecule has 2 amide bonds. The fourth-order valence-corrected chi connectivity index (χ4v) is 5.29. The van der Waals surface area contributed by atoms with Crippen molar-refractivity contribution in [3.8, 4) is 27.3 Å². The van der Waals surface area contributed by atoms with Crippen molar-refractivity contribution in [2.75, 3.05) is 19.0 Å². The van der Waals surface area contributed by atoms with Crippen LogP contribution in [-0.2, 0) is 17.7 Å². The standard InChI is InChI=1S/C28H24N4O5S/c1-36-28(35)24-18(6-7-22(32-24)26(30)33)19-13-23-21(25-16(8-10-37-23)9-11-38-25)12-20(19)27(34)31-17-4-2-15(14-29)3-5-17/h2-7,9,11-13H,8,10,14,29H2,1H3,(H2,30,33)(H,31,34). The molecule has 2 aromatic heterocycles. The largest absolute Gasteiger partial charge is 0.493 e. The first-order valence-electron chi connectivity index (χ1n) is 11.8. The van der Waals surface area contributed by atoms with Crippen LogP contribution in [0.4, 0.5) is 5.69 Å². The molecule has 1 aliphatic heterocycles. The lowest BCUT2D eigenvalue weighted by Gasteiger charge is -2.17. The quantitative estimate of drug-likeness (QED) is 0.320. The molecule has 9 nitrogen and oxygen atoms in total. The number of methoxy groups -OCH3 is 1. The minimum absolute atomic E-state index is 0.102. The Hall–Kier alpha value is -4.54. The van der Waals surface area contributed by atoms with E-state index in [1.807, 2.05) is 23.6 Å². The summed E-state index contributed by atoms with van der Waals surface area (Å²) in [6, 6.07) is 15.7. The zero-order valence-corrected chi connectivity index (χ0v) is 21.3. The van der Waals surface area contributed by atoms with Gasteiger partial charge in [0.05, 0.1) is 13.7 Å². The Bertz CT molecular complexity index is 1560. The summed E-state index contributed by atoms with van der Waals surface area (Å²) in [5.74, 6) is -1.40. The van der Waals surface area contributed by atoms with Crippen LogP contribution in [0.2, 0.25) is 0 Å². The number of hydrogen-bond donors (Lipinski definition) is 3. The highest BCUT2D eigenvalue weighted by Gasteiger charge is 2.26. The highest BCUT2D eigenvalue weighted by molar-refractivity contribution is 7.13. The third-order valence-corrected chi connectivity index (χ3v) is 7.24. The highest BCUT2D eigenvalue weighted by Crippen LogP contribution is 2.43. The lowest BCUT2D eigenvalue weighted by Crippen LogP contribution is -2.18. The van der Waals surface area contributed by atoms with Crippen molar-refractivity contribution in [3.63, 3.8) is 0 Å². The number of nitrogens with two attached hydrogens (primary N) is 2. The molecule has 0 bridgehead atoms. The summed E-state index contributed by atoms with van der Waals surface area (Å²) in [5, 5.41) is 4.93. The number of ether oxygens (including phenoxy) is 2. The minimum Gasteiger partial charge on any atom is -0.493 e. The van der Waals surface area contributed by atoms with E-state index in [9.17, 15) is 14.4 Å². The predicted molar refractivity (Wildman–Crippen MR) is 144 cm³/mol. The van der Waals surface area contributed by atoms with Gasteiger partial charge in [0.25, 0.3) is 11.8 Å². The molecule has 4 aromatic rings. The van der Waals surface area contributed by atoms with E-state index >= 15 is 0 Å². The van der Waals surface area contributed by atoms with Crippen molar-refractivity contribution in [2.24, 2.45) is 11.5 Å². The minimum atomic E-state index is -0.795. The molecule has 2 aromatic carbocycles. The van der Waals surface area contributed by atoms with Gasteiger partial charge in [0.1, 0.15) is 11.4 Å². The monoisotopic (exact) mass is 528 g/mol. The van der Waals surface area contributed by atoms with Gasteiger partial charge in [-0.15, -0.1) is 11.3 Å². The number of amides is 2. The summed E-state index contributed by atoms with van der Waals surface area (Å²) in [5.41, 5.74) is 15.2. The number of anilines is 1. The second kappa shape index (κ2) is 10.4. The van der Waals surface area contributed by atoms with Gasteiger partial charge < -0.3 is 26.3 Å². The van der Waals surface area contributed by atoms with Crippen LogP contribution in [0.25, 0.3) is 21.6 Å². The third-order valence-electron chi connectivity index (χ3n) is 6.25. The molecule has 0 saturated heterocycles. The lowest BCUT2D eigenvalue weighted by atomic mass is 9.93. The summed E-state index contributed by atoms with van der Waals surface area (Å²) in [7, 11) is 1.21. The third kappa shape index (κ3) is 4.74. The molecule has 3 heterocycles. The first-order valence-corrected chi connectivity index (χ1v) is 12.6. The number of nitrogens with one attached hydrogen (secondary N) is 1. The molecule has 1 aliphatic rings. The van der Waals surface area contributed by atoms with E-state index < -0.39 is 17.8 Å². The molecule has 0 radical (unpaired) electrons. The van der Waals surface area contributed by atoms with Crippen LogP contribution in [0, 0.1) is 0 Å². The molecule has 0 aliphatic carbocycles. The van der Waals surface area contributed by atoms with E-state index in [-0.39, 0.29) is 17.0 Å². The normalized spacial score (nSPS) is 11.9. The molecule has 0 unspecified atom stereocenters. The number of fused-ring (bicyclic) bond motifs is 3. The van der Waals surface area contributed by atoms with Crippen LogP contribution < -0.4 is 21.5 Å². The number of thiophene rings is 1. The van der Waals surface area contributed by atoms with Gasteiger partial charge in [-0.25, -0.2) is 9.78 Å². The lowest BCUT2D eigenvalue weighted by molar-refractivity contribution is 0.0594. The smallest absolute Gasteiger partial charge is 0.357 e. The maximum atomic E-state index is 13.7. The molecule has 38 heavy (non-hydrogen) atoms. The molecule has 10 heteroatoms. The van der Waals surface area contributed by atoms with Crippen LogP contribution in [0.1, 0.15) is 42.5 Å². The number of nitrogens with zero attached hydrogens (tertiary/aromatic N) is 1. The van der Waals surface area contributed by atoms with Crippen LogP contribution >= 0.6 is 11.3 Å². The summed E-state index contributed by atoms with van der Waals surface area (Å²) in [4.78, 5) is 43.4. The number of hydrogen-bond acceptors (Lipinski definition) is 8. The summed E-state index contributed by atoms with van der Waals surface area (Å²) >= 11 is 1.57. The second-order valence-electron chi connectivity index (χ2n) is 8.57. The average molecular weight is 529 g/mol. The van der Waals surface area contributed by atoms with Gasteiger partial charge in [-0.05, 0) is 59.0 Å². The van der Waals surface area contributed by atoms with Crippen LogP contribution in [-0.4, -0.2) is 36.5 Å². The summed E-state index contributed by atoms with van der Waals surface area (Å²) in [6.45, 7) is 0.842. The Morgan fingerprint density at radius 2 is 1.84 bits per heavy atom. The van der Waals surface area contributed by atoms with Crippen LogP contribution in [0.5, 0.6) is 5.75 Å². The Balaban J connectivity index is 1.70. The van der Waals surface area contributed by atoms with E-state index in [1.165, 1.54) is 19.2 Å². The van der Waals surface area contributed by atoms with Crippen molar-refractivity contribution >= 4 is 34.8 Å². The fraction of sp³-hybridized carbons (Fsp3) is 0.143. The molecule has 0 fully saturated rings. The van der Waals surface area contributed by atoms with Gasteiger partial charge in [0.15, 0.2) is 5.69 Å². The Kier molecular flexibility index (Phi) is 6.91. The van der Waals surface area contributed by atoms with Crippen molar-refractivity contribution in [3.05, 3.63) is 88.1 Å². The van der Waals surface area contributed by atoms with Crippen molar-refractivity contribution in [1.82, 2.24) is 4.98 Å². The van der Waals surface area contributed by atoms with E-state index in [4.69, 9.17) is 20.9 Å². The Morgan fingerprint density at radius 3 is 2.55 bits per heavy atom. The van der Waals surface area contributed by atoms with Crippen molar-refractivity contribution < 1.29 is 23.9 Å². The van der Waals surface area contributed by atoms with Gasteiger partial charge in [-0.3, -0.25) is 9.59 Å². The predicted octanol–water partition coefficient (Wildman–Crippen LogP) is 4.01. The van der Waals surface area contributed by atoms with Gasteiger partial charge in [0, 0.05) is 45.8 Å². The zero-order valence-electron chi connectivity index (χ0n) is 20.4. The first-order chi connectivity index (χ1) is 18.4. The maximum absolute atomic E-state index is 13.7. The summed E-state index contributed by atoms with van der Waals surface area (Å²) in [6.07, 6.45) is 0.722. The average Bonchev–Trinajstić information content (AvgIpc) is 3.33. The van der Waals surface area contributed by atoms with Gasteiger partial charge in [-0.1, -0.05) is 12.1 Å². The molecule has 5 rings (SSSR count). The number of primary amides is 1. The van der Waals surface area contributed by atoms with E-state index in [2.05, 4.69) is 10.3 Å². The van der Waals surface area contributed by atoms with Gasteiger partial charge in [-0.2, -0.15) is 0 Å². The maximum Gasteiger partial charge on any atom is 0.357 e. The molecular weight excluding hydrogens is 504 g/mol. The number of aromatic nitrogens is 1. The number of carbonyl (C=O) groups is 3. The Morgan fingerprint density at radius 1 is 1.05 bits per heavy atom. The fourth-order valence-electron chi connectivity index (χ4n) is 4.32. The van der Waals surface area contributed by atoms with Crippen molar-refractivity contribution in [1.29, 1.82) is 0 Å². The number of carbonyl (C=O) groups excluding carboxylic acids is 3. The van der Waals surface area contributed by atoms with Crippen LogP contribution in [0.15, 0.2) is 60.0 Å². The van der Waals surface area contributed by atoms with Crippen LogP contribution in [0.3, 0.4) is 0 Å². The Labute approximate surface area is 222 Å². The van der Waals surface area contributed by atoms with Gasteiger partial charge in [0.2, 0.25) is 0 Å². The second-order valence-corrected chi connectivity index (χ2v) is 9.49. The van der Waals surface area contributed by atoms with E-state index in [0.717, 1.165) is 28.0 Å². The number of esters is 1. The molecule has 192 valence electrons. The molecule has 0 spiro atoms. The van der Waals surface area contributed by atoms with E-state index in [0.29, 0.717) is 35.7 Å². The number of pyridine rings is 1. The zero-order chi connectivity index (χ0) is 26.8. The molecule has 0 saturated carbocycles. The molecular formula is C28H24N4O5S. The first kappa shape index (κ1) is 25.1. The highest BCUT2D eigenvalue weighted by atomic mass is 32.1. The topological polar surface area (TPSA) is 147 Å².